The Kier molecular flexibility index (Phi) is 5.58. The third kappa shape index (κ3) is 4.35. The third-order valence-electron chi connectivity index (χ3n) is 3.73. The van der Waals surface area contributed by atoms with Crippen molar-refractivity contribution in [2.75, 3.05) is 11.1 Å². The predicted octanol–water partition coefficient (Wildman–Crippen LogP) is 2.95. The van der Waals surface area contributed by atoms with Gasteiger partial charge < -0.3 is 16.0 Å². The summed E-state index contributed by atoms with van der Waals surface area (Å²) in [5.74, 6) is -1.26. The minimum Gasteiger partial charge on any atom is -0.397 e. The van der Waals surface area contributed by atoms with Gasteiger partial charge in [0.05, 0.1) is 11.4 Å². The molecule has 3 N–H and O–H groups in total. The number of carbonyl (C=O) groups excluding carboxylic acids is 2. The monoisotopic (exact) mass is 325 g/mol. The molecule has 5 heteroatoms. The summed E-state index contributed by atoms with van der Waals surface area (Å²) in [5, 5.41) is 2.60. The molecule has 24 heavy (non-hydrogen) atoms. The van der Waals surface area contributed by atoms with Gasteiger partial charge in [-0.15, -0.1) is 0 Å². The number of benzene rings is 2. The molecule has 0 aliphatic carbocycles. The molecule has 0 aromatic heterocycles. The van der Waals surface area contributed by atoms with Gasteiger partial charge in [0.25, 0.3) is 0 Å². The maximum Gasteiger partial charge on any atom is 0.313 e. The standard InChI is InChI=1S/C19H23N3O2/c1-13(2)22(12-15-7-5-4-6-8-15)19(24)18(23)21-17-10-9-14(3)11-16(17)20/h4-11,13H,12,20H2,1-3H3,(H,21,23). The molecule has 2 aromatic rings. The number of nitrogens with two attached hydrogens (primary N) is 1. The number of hydrogen-bond donors (Lipinski definition) is 2. The van der Waals surface area contributed by atoms with Crippen molar-refractivity contribution >= 4 is 23.2 Å². The molecule has 2 rings (SSSR count). The fourth-order valence-corrected chi connectivity index (χ4v) is 2.37. The highest BCUT2D eigenvalue weighted by molar-refractivity contribution is 6.39. The van der Waals surface area contributed by atoms with Crippen LogP contribution in [0.4, 0.5) is 11.4 Å². The van der Waals surface area contributed by atoms with Crippen molar-refractivity contribution < 1.29 is 9.59 Å². The molecular weight excluding hydrogens is 302 g/mol. The summed E-state index contributed by atoms with van der Waals surface area (Å²) in [7, 11) is 0. The van der Waals surface area contributed by atoms with Crippen LogP contribution in [0, 0.1) is 6.92 Å². The lowest BCUT2D eigenvalue weighted by molar-refractivity contribution is -0.144. The topological polar surface area (TPSA) is 75.4 Å². The molecule has 2 aromatic carbocycles. The van der Waals surface area contributed by atoms with E-state index in [-0.39, 0.29) is 6.04 Å². The molecule has 0 saturated heterocycles. The first-order valence-corrected chi connectivity index (χ1v) is 7.90. The second-order valence-corrected chi connectivity index (χ2v) is 6.06. The average Bonchev–Trinajstić information content (AvgIpc) is 2.55. The summed E-state index contributed by atoms with van der Waals surface area (Å²) in [6, 6.07) is 14.8. The summed E-state index contributed by atoms with van der Waals surface area (Å²) >= 11 is 0. The first-order chi connectivity index (χ1) is 11.4. The molecule has 0 bridgehead atoms. The number of nitrogen functional groups attached to an aromatic ring is 1. The number of anilines is 2. The van der Waals surface area contributed by atoms with E-state index in [1.807, 2.05) is 57.2 Å². The second-order valence-electron chi connectivity index (χ2n) is 6.06. The zero-order valence-corrected chi connectivity index (χ0v) is 14.2. The zero-order chi connectivity index (χ0) is 17.7. The van der Waals surface area contributed by atoms with Gasteiger partial charge in [-0.05, 0) is 44.0 Å². The van der Waals surface area contributed by atoms with E-state index < -0.39 is 11.8 Å². The third-order valence-corrected chi connectivity index (χ3v) is 3.73. The van der Waals surface area contributed by atoms with Crippen LogP contribution in [0.15, 0.2) is 48.5 Å². The Morgan fingerprint density at radius 2 is 1.79 bits per heavy atom. The van der Waals surface area contributed by atoms with E-state index in [9.17, 15) is 9.59 Å². The Balaban J connectivity index is 2.12. The Morgan fingerprint density at radius 3 is 2.38 bits per heavy atom. The molecule has 0 unspecified atom stereocenters. The quantitative estimate of drug-likeness (QED) is 0.670. The maximum absolute atomic E-state index is 12.5. The molecule has 0 aliphatic heterocycles. The Bertz CT molecular complexity index is 727. The van der Waals surface area contributed by atoms with Crippen LogP contribution in [0.2, 0.25) is 0 Å². The Hall–Kier alpha value is -2.82. The summed E-state index contributed by atoms with van der Waals surface area (Å²) in [5.41, 5.74) is 8.74. The fraction of sp³-hybridized carbons (Fsp3) is 0.263. The van der Waals surface area contributed by atoms with E-state index in [1.54, 1.807) is 12.1 Å². The van der Waals surface area contributed by atoms with Gasteiger partial charge in [-0.2, -0.15) is 0 Å². The van der Waals surface area contributed by atoms with E-state index in [4.69, 9.17) is 5.73 Å². The van der Waals surface area contributed by atoms with Crippen molar-refractivity contribution in [3.8, 4) is 0 Å². The van der Waals surface area contributed by atoms with Crippen LogP contribution in [0.3, 0.4) is 0 Å². The van der Waals surface area contributed by atoms with Crippen molar-refractivity contribution in [2.45, 2.75) is 33.4 Å². The second kappa shape index (κ2) is 7.64. The van der Waals surface area contributed by atoms with Gasteiger partial charge in [-0.25, -0.2) is 0 Å². The first kappa shape index (κ1) is 17.5. The van der Waals surface area contributed by atoms with Crippen LogP contribution in [0.5, 0.6) is 0 Å². The number of hydrogen-bond acceptors (Lipinski definition) is 3. The number of carbonyl (C=O) groups is 2. The van der Waals surface area contributed by atoms with Crippen LogP contribution in [0.1, 0.15) is 25.0 Å². The minimum absolute atomic E-state index is 0.0983. The molecular formula is C19H23N3O2. The van der Waals surface area contributed by atoms with Crippen LogP contribution in [0.25, 0.3) is 0 Å². The lowest BCUT2D eigenvalue weighted by atomic mass is 10.1. The van der Waals surface area contributed by atoms with Gasteiger partial charge in [0.1, 0.15) is 0 Å². The van der Waals surface area contributed by atoms with E-state index in [2.05, 4.69) is 5.32 Å². The molecule has 0 spiro atoms. The van der Waals surface area contributed by atoms with Crippen molar-refractivity contribution in [3.63, 3.8) is 0 Å². The van der Waals surface area contributed by atoms with Crippen molar-refractivity contribution in [3.05, 3.63) is 59.7 Å². The van der Waals surface area contributed by atoms with E-state index in [0.717, 1.165) is 11.1 Å². The molecule has 2 amide bonds. The molecule has 0 radical (unpaired) electrons. The van der Waals surface area contributed by atoms with Crippen molar-refractivity contribution in [2.24, 2.45) is 0 Å². The number of aryl methyl sites for hydroxylation is 1. The molecule has 0 saturated carbocycles. The largest absolute Gasteiger partial charge is 0.397 e. The smallest absolute Gasteiger partial charge is 0.313 e. The van der Waals surface area contributed by atoms with Crippen LogP contribution < -0.4 is 11.1 Å². The summed E-state index contributed by atoms with van der Waals surface area (Å²) in [6.07, 6.45) is 0. The van der Waals surface area contributed by atoms with Crippen LogP contribution >= 0.6 is 0 Å². The molecule has 126 valence electrons. The van der Waals surface area contributed by atoms with Gasteiger partial charge in [-0.3, -0.25) is 9.59 Å². The van der Waals surface area contributed by atoms with Gasteiger partial charge in [0.15, 0.2) is 0 Å². The highest BCUT2D eigenvalue weighted by atomic mass is 16.2. The van der Waals surface area contributed by atoms with E-state index >= 15 is 0 Å². The number of amides is 2. The van der Waals surface area contributed by atoms with Gasteiger partial charge in [0.2, 0.25) is 0 Å². The van der Waals surface area contributed by atoms with Crippen LogP contribution in [-0.4, -0.2) is 22.8 Å². The predicted molar refractivity (Wildman–Crippen MR) is 96.3 cm³/mol. The van der Waals surface area contributed by atoms with Gasteiger partial charge in [-0.1, -0.05) is 36.4 Å². The number of nitrogens with zero attached hydrogens (tertiary/aromatic N) is 1. The van der Waals surface area contributed by atoms with Crippen LogP contribution in [-0.2, 0) is 16.1 Å². The highest BCUT2D eigenvalue weighted by Crippen LogP contribution is 2.19. The lowest BCUT2D eigenvalue weighted by Gasteiger charge is -2.26. The molecule has 0 fully saturated rings. The maximum atomic E-state index is 12.5. The van der Waals surface area contributed by atoms with E-state index in [0.29, 0.717) is 17.9 Å². The Labute approximate surface area is 142 Å². The summed E-state index contributed by atoms with van der Waals surface area (Å²) in [6.45, 7) is 6.06. The minimum atomic E-state index is -0.685. The number of nitrogens with one attached hydrogen (secondary N) is 1. The SMILES string of the molecule is Cc1ccc(NC(=O)C(=O)N(Cc2ccccc2)C(C)C)c(N)c1. The molecule has 0 atom stereocenters. The van der Waals surface area contributed by atoms with Crippen molar-refractivity contribution in [1.29, 1.82) is 0 Å². The molecule has 5 nitrogen and oxygen atoms in total. The van der Waals surface area contributed by atoms with Gasteiger partial charge >= 0.3 is 11.8 Å². The summed E-state index contributed by atoms with van der Waals surface area (Å²) in [4.78, 5) is 26.4. The highest BCUT2D eigenvalue weighted by Gasteiger charge is 2.24. The van der Waals surface area contributed by atoms with Crippen molar-refractivity contribution in [1.82, 2.24) is 4.90 Å². The number of rotatable bonds is 4. The molecule has 0 heterocycles. The van der Waals surface area contributed by atoms with E-state index in [1.165, 1.54) is 4.90 Å². The lowest BCUT2D eigenvalue weighted by Crippen LogP contribution is -2.43. The van der Waals surface area contributed by atoms with Gasteiger partial charge in [0, 0.05) is 12.6 Å². The molecule has 0 aliphatic rings. The summed E-state index contributed by atoms with van der Waals surface area (Å²) < 4.78 is 0. The first-order valence-electron chi connectivity index (χ1n) is 7.90. The fourth-order valence-electron chi connectivity index (χ4n) is 2.37. The Morgan fingerprint density at radius 1 is 1.12 bits per heavy atom. The average molecular weight is 325 g/mol. The zero-order valence-electron chi connectivity index (χ0n) is 14.2. The normalized spacial score (nSPS) is 10.5.